The number of nitrogens with one attached hydrogen (secondary N) is 1. The summed E-state index contributed by atoms with van der Waals surface area (Å²) >= 11 is 1.65. The van der Waals surface area contributed by atoms with Gasteiger partial charge in [-0.25, -0.2) is 4.79 Å². The molecule has 1 aromatic heterocycles. The summed E-state index contributed by atoms with van der Waals surface area (Å²) in [5, 5.41) is 13.8. The summed E-state index contributed by atoms with van der Waals surface area (Å²) in [5.41, 5.74) is 1.51. The lowest BCUT2D eigenvalue weighted by Crippen LogP contribution is -2.23. The van der Waals surface area contributed by atoms with Gasteiger partial charge in [0.1, 0.15) is 0 Å². The van der Waals surface area contributed by atoms with Crippen molar-refractivity contribution in [2.24, 2.45) is 0 Å². The van der Waals surface area contributed by atoms with Crippen LogP contribution in [0.2, 0.25) is 0 Å². The van der Waals surface area contributed by atoms with Crippen molar-refractivity contribution in [3.8, 4) is 0 Å². The number of carbonyl (C=O) groups excluding carboxylic acids is 1. The molecule has 1 amide bonds. The molecular weight excluding hydrogens is 442 g/mol. The molecule has 0 unspecified atom stereocenters. The van der Waals surface area contributed by atoms with E-state index in [-0.39, 0.29) is 30.1 Å². The number of non-ortho nitro benzene ring substituents is 1. The van der Waals surface area contributed by atoms with Crippen LogP contribution in [-0.2, 0) is 17.9 Å². The van der Waals surface area contributed by atoms with Gasteiger partial charge in [0.15, 0.2) is 5.58 Å². The quantitative estimate of drug-likeness (QED) is 0.283. The average molecular weight is 464 g/mol. The van der Waals surface area contributed by atoms with E-state index >= 15 is 0 Å². The van der Waals surface area contributed by atoms with Crippen molar-refractivity contribution in [2.75, 3.05) is 0 Å². The monoisotopic (exact) mass is 463 g/mol. The van der Waals surface area contributed by atoms with Crippen LogP contribution < -0.4 is 11.1 Å². The summed E-state index contributed by atoms with van der Waals surface area (Å²) in [5.74, 6) is -0.719. The van der Waals surface area contributed by atoms with Gasteiger partial charge in [-0.1, -0.05) is 48.2 Å². The summed E-state index contributed by atoms with van der Waals surface area (Å²) in [6.07, 6.45) is 0.665. The van der Waals surface area contributed by atoms with Crippen LogP contribution >= 0.6 is 11.8 Å². The summed E-state index contributed by atoms with van der Waals surface area (Å²) in [7, 11) is 0. The van der Waals surface area contributed by atoms with Crippen molar-refractivity contribution < 1.29 is 14.1 Å². The molecule has 1 N–H and O–H groups in total. The first kappa shape index (κ1) is 22.3. The first-order valence-electron chi connectivity index (χ1n) is 10.4. The Kier molecular flexibility index (Phi) is 6.89. The minimum Gasteiger partial charge on any atom is -0.407 e. The molecule has 3 aromatic carbocycles. The summed E-state index contributed by atoms with van der Waals surface area (Å²) in [4.78, 5) is 37.0. The van der Waals surface area contributed by atoms with Gasteiger partial charge in [-0.05, 0) is 36.2 Å². The zero-order valence-electron chi connectivity index (χ0n) is 17.6. The van der Waals surface area contributed by atoms with Crippen molar-refractivity contribution in [3.63, 3.8) is 0 Å². The van der Waals surface area contributed by atoms with Gasteiger partial charge in [0.25, 0.3) is 5.69 Å². The second-order valence-electron chi connectivity index (χ2n) is 7.33. The van der Waals surface area contributed by atoms with Crippen LogP contribution in [0.3, 0.4) is 0 Å². The number of aryl methyl sites for hydroxylation is 1. The molecule has 8 nitrogen and oxygen atoms in total. The number of hydrogen-bond acceptors (Lipinski definition) is 6. The molecule has 0 aliphatic carbocycles. The van der Waals surface area contributed by atoms with E-state index in [1.165, 1.54) is 22.8 Å². The molecule has 33 heavy (non-hydrogen) atoms. The SMILES string of the molecule is O=C(CCCn1c(=O)oc2cc([N+](=O)[O-])ccc21)NCc1ccccc1Sc1ccccc1. The summed E-state index contributed by atoms with van der Waals surface area (Å²) in [6, 6.07) is 22.0. The third-order valence-electron chi connectivity index (χ3n) is 5.07. The Morgan fingerprint density at radius 2 is 1.82 bits per heavy atom. The standard InChI is InChI=1S/C24H21N3O5S/c28-23(25-16-17-7-4-5-10-22(17)33-19-8-2-1-3-9-19)11-6-14-26-20-13-12-18(27(30)31)15-21(20)32-24(26)29/h1-5,7-10,12-13,15H,6,11,14,16H2,(H,25,28). The largest absolute Gasteiger partial charge is 0.419 e. The first-order valence-corrected chi connectivity index (χ1v) is 11.2. The molecule has 9 heteroatoms. The Bertz CT molecular complexity index is 1350. The van der Waals surface area contributed by atoms with Crippen molar-refractivity contribution in [1.29, 1.82) is 0 Å². The molecule has 4 rings (SSSR count). The molecule has 0 spiro atoms. The third-order valence-corrected chi connectivity index (χ3v) is 6.19. The molecule has 0 aliphatic rings. The molecular formula is C24H21N3O5S. The van der Waals surface area contributed by atoms with E-state index in [4.69, 9.17) is 4.42 Å². The third kappa shape index (κ3) is 5.50. The molecule has 0 radical (unpaired) electrons. The number of rotatable bonds is 9. The van der Waals surface area contributed by atoms with Crippen LogP contribution in [0, 0.1) is 10.1 Å². The van der Waals surface area contributed by atoms with Crippen LogP contribution in [0.15, 0.2) is 91.8 Å². The van der Waals surface area contributed by atoms with Crippen LogP contribution in [-0.4, -0.2) is 15.4 Å². The first-order chi connectivity index (χ1) is 16.0. The number of amides is 1. The number of hydrogen-bond donors (Lipinski definition) is 1. The lowest BCUT2D eigenvalue weighted by Gasteiger charge is -2.10. The van der Waals surface area contributed by atoms with Gasteiger partial charge in [0.05, 0.1) is 16.5 Å². The maximum atomic E-state index is 12.4. The van der Waals surface area contributed by atoms with Gasteiger partial charge in [-0.2, -0.15) is 0 Å². The van der Waals surface area contributed by atoms with E-state index in [0.29, 0.717) is 18.5 Å². The van der Waals surface area contributed by atoms with E-state index in [9.17, 15) is 19.7 Å². The molecule has 4 aromatic rings. The zero-order chi connectivity index (χ0) is 23.2. The van der Waals surface area contributed by atoms with Crippen molar-refractivity contribution in [3.05, 3.63) is 99.0 Å². The highest BCUT2D eigenvalue weighted by atomic mass is 32.2. The molecule has 0 aliphatic heterocycles. The Balaban J connectivity index is 1.33. The maximum Gasteiger partial charge on any atom is 0.419 e. The lowest BCUT2D eigenvalue weighted by atomic mass is 10.2. The number of aromatic nitrogens is 1. The Hall–Kier alpha value is -3.85. The Labute approximate surface area is 193 Å². The van der Waals surface area contributed by atoms with Crippen LogP contribution in [0.4, 0.5) is 5.69 Å². The van der Waals surface area contributed by atoms with Crippen molar-refractivity contribution in [2.45, 2.75) is 35.7 Å². The van der Waals surface area contributed by atoms with Crippen LogP contribution in [0.5, 0.6) is 0 Å². The summed E-state index contributed by atoms with van der Waals surface area (Å²) < 4.78 is 6.50. The topological polar surface area (TPSA) is 107 Å². The van der Waals surface area contributed by atoms with Crippen molar-refractivity contribution in [1.82, 2.24) is 9.88 Å². The van der Waals surface area contributed by atoms with E-state index in [0.717, 1.165) is 15.4 Å². The predicted octanol–water partition coefficient (Wildman–Crippen LogP) is 4.75. The molecule has 0 saturated heterocycles. The Morgan fingerprint density at radius 3 is 2.61 bits per heavy atom. The number of nitro groups is 1. The fourth-order valence-electron chi connectivity index (χ4n) is 3.43. The van der Waals surface area contributed by atoms with Gasteiger partial charge in [-0.15, -0.1) is 0 Å². The highest BCUT2D eigenvalue weighted by Crippen LogP contribution is 2.30. The second-order valence-corrected chi connectivity index (χ2v) is 8.45. The van der Waals surface area contributed by atoms with Crippen molar-refractivity contribution >= 4 is 34.5 Å². The number of nitrogens with zero attached hydrogens (tertiary/aromatic N) is 2. The number of oxazole rings is 1. The van der Waals surface area contributed by atoms with Gasteiger partial charge < -0.3 is 9.73 Å². The molecule has 1 heterocycles. The number of nitro benzene ring substituents is 1. The van der Waals surface area contributed by atoms with Crippen LogP contribution in [0.25, 0.3) is 11.1 Å². The average Bonchev–Trinajstić information content (AvgIpc) is 3.13. The van der Waals surface area contributed by atoms with Crippen LogP contribution in [0.1, 0.15) is 18.4 Å². The minimum absolute atomic E-state index is 0.119. The molecule has 0 saturated carbocycles. The lowest BCUT2D eigenvalue weighted by molar-refractivity contribution is -0.384. The smallest absolute Gasteiger partial charge is 0.407 e. The maximum absolute atomic E-state index is 12.4. The van der Waals surface area contributed by atoms with E-state index in [2.05, 4.69) is 5.32 Å². The zero-order valence-corrected chi connectivity index (χ0v) is 18.4. The van der Waals surface area contributed by atoms with E-state index in [1.807, 2.05) is 54.6 Å². The van der Waals surface area contributed by atoms with Gasteiger partial charge in [-0.3, -0.25) is 19.5 Å². The van der Waals surface area contributed by atoms with Gasteiger partial charge in [0.2, 0.25) is 5.91 Å². The van der Waals surface area contributed by atoms with Gasteiger partial charge >= 0.3 is 5.76 Å². The normalized spacial score (nSPS) is 10.9. The summed E-state index contributed by atoms with van der Waals surface area (Å²) in [6.45, 7) is 0.685. The minimum atomic E-state index is -0.599. The van der Waals surface area contributed by atoms with E-state index < -0.39 is 10.7 Å². The predicted molar refractivity (Wildman–Crippen MR) is 125 cm³/mol. The Morgan fingerprint density at radius 1 is 1.06 bits per heavy atom. The fraction of sp³-hybridized carbons (Fsp3) is 0.167. The highest BCUT2D eigenvalue weighted by Gasteiger charge is 2.14. The fourth-order valence-corrected chi connectivity index (χ4v) is 4.39. The van der Waals surface area contributed by atoms with Gasteiger partial charge in [0, 0.05) is 35.4 Å². The molecule has 0 fully saturated rings. The highest BCUT2D eigenvalue weighted by molar-refractivity contribution is 7.99. The number of carbonyl (C=O) groups is 1. The second kappa shape index (κ2) is 10.2. The molecule has 0 atom stereocenters. The van der Waals surface area contributed by atoms with E-state index in [1.54, 1.807) is 11.8 Å². The molecule has 168 valence electrons. The number of benzene rings is 3. The molecule has 0 bridgehead atoms. The number of fused-ring (bicyclic) bond motifs is 1.